The van der Waals surface area contributed by atoms with Crippen LogP contribution in [0, 0.1) is 0 Å². The highest BCUT2D eigenvalue weighted by Crippen LogP contribution is 2.13. The van der Waals surface area contributed by atoms with Crippen LogP contribution in [0.1, 0.15) is 31.2 Å². The molecule has 4 unspecified atom stereocenters. The Hall–Kier alpha value is -3.17. The van der Waals surface area contributed by atoms with E-state index in [9.17, 15) is 29.4 Å². The Kier molecular flexibility index (Phi) is 16.6. The molecule has 224 valence electrons. The average Bonchev–Trinajstić information content (AvgIpc) is 2.91. The Morgan fingerprint density at radius 1 is 0.850 bits per heavy atom. The van der Waals surface area contributed by atoms with E-state index in [0.29, 0.717) is 36.3 Å². The molecular formula is C25H41N7O6S2. The molecule has 0 aliphatic heterocycles. The molecule has 15 heteroatoms. The third-order valence-electron chi connectivity index (χ3n) is 5.78. The zero-order valence-corrected chi connectivity index (χ0v) is 24.4. The van der Waals surface area contributed by atoms with Gasteiger partial charge in [-0.3, -0.25) is 19.4 Å². The minimum Gasteiger partial charge on any atom is -0.508 e. The van der Waals surface area contributed by atoms with Gasteiger partial charge in [0.2, 0.25) is 17.7 Å². The number of benzene rings is 1. The van der Waals surface area contributed by atoms with Crippen LogP contribution in [-0.4, -0.2) is 94.6 Å². The Labute approximate surface area is 242 Å². The van der Waals surface area contributed by atoms with Crippen molar-refractivity contribution in [3.63, 3.8) is 0 Å². The molecule has 1 aromatic rings. The average molecular weight is 600 g/mol. The van der Waals surface area contributed by atoms with Crippen LogP contribution in [0.2, 0.25) is 0 Å². The summed E-state index contributed by atoms with van der Waals surface area (Å²) in [5.74, 6) is -1.90. The number of phenols is 1. The molecule has 0 aliphatic rings. The summed E-state index contributed by atoms with van der Waals surface area (Å²) in [5.41, 5.74) is 17.2. The van der Waals surface area contributed by atoms with E-state index in [2.05, 4.69) is 20.9 Å². The summed E-state index contributed by atoms with van der Waals surface area (Å²) in [6.07, 6.45) is 4.86. The molecule has 3 amide bonds. The van der Waals surface area contributed by atoms with Crippen LogP contribution < -0.4 is 33.2 Å². The molecule has 0 aliphatic carbocycles. The number of aliphatic imine (C=N–C) groups is 1. The van der Waals surface area contributed by atoms with Gasteiger partial charge in [0.05, 0.1) is 6.04 Å². The summed E-state index contributed by atoms with van der Waals surface area (Å²) in [5, 5.41) is 27.1. The second-order valence-electron chi connectivity index (χ2n) is 9.01. The van der Waals surface area contributed by atoms with Gasteiger partial charge in [0.25, 0.3) is 0 Å². The third kappa shape index (κ3) is 13.8. The molecule has 0 saturated heterocycles. The Balaban J connectivity index is 3.10. The highest BCUT2D eigenvalue weighted by molar-refractivity contribution is 7.98. The van der Waals surface area contributed by atoms with Crippen LogP contribution in [0.4, 0.5) is 0 Å². The van der Waals surface area contributed by atoms with Crippen molar-refractivity contribution in [1.29, 1.82) is 0 Å². The van der Waals surface area contributed by atoms with Crippen LogP contribution >= 0.6 is 23.5 Å². The van der Waals surface area contributed by atoms with E-state index in [1.807, 2.05) is 12.5 Å². The van der Waals surface area contributed by atoms with Crippen molar-refractivity contribution in [3.8, 4) is 5.75 Å². The van der Waals surface area contributed by atoms with Gasteiger partial charge in [0.1, 0.15) is 23.9 Å². The zero-order chi connectivity index (χ0) is 30.1. The SMILES string of the molecule is CSCCC(N)C(=O)NC(CCSC)C(=O)NC(Cc1ccc(O)cc1)C(=O)NC(CCCN=C(N)N)C(=O)O. The smallest absolute Gasteiger partial charge is 0.326 e. The monoisotopic (exact) mass is 599 g/mol. The van der Waals surface area contributed by atoms with Crippen molar-refractivity contribution in [1.82, 2.24) is 16.0 Å². The molecule has 0 aromatic heterocycles. The molecule has 1 rings (SSSR count). The summed E-state index contributed by atoms with van der Waals surface area (Å²) < 4.78 is 0. The van der Waals surface area contributed by atoms with E-state index in [4.69, 9.17) is 17.2 Å². The van der Waals surface area contributed by atoms with Crippen LogP contribution in [0.3, 0.4) is 0 Å². The number of rotatable bonds is 19. The maximum atomic E-state index is 13.3. The fourth-order valence-electron chi connectivity index (χ4n) is 3.54. The summed E-state index contributed by atoms with van der Waals surface area (Å²) in [4.78, 5) is 54.8. The van der Waals surface area contributed by atoms with Gasteiger partial charge in [-0.25, -0.2) is 4.79 Å². The lowest BCUT2D eigenvalue weighted by Crippen LogP contribution is -2.57. The number of nitrogens with two attached hydrogens (primary N) is 3. The predicted octanol–water partition coefficient (Wildman–Crippen LogP) is -0.639. The molecule has 13 nitrogen and oxygen atoms in total. The fourth-order valence-corrected chi connectivity index (χ4v) is 4.50. The number of carbonyl (C=O) groups excluding carboxylic acids is 3. The molecule has 0 fully saturated rings. The molecule has 0 radical (unpaired) electrons. The second kappa shape index (κ2) is 19.0. The third-order valence-corrected chi connectivity index (χ3v) is 7.07. The van der Waals surface area contributed by atoms with E-state index >= 15 is 0 Å². The van der Waals surface area contributed by atoms with Crippen molar-refractivity contribution in [2.45, 2.75) is 56.3 Å². The Morgan fingerprint density at radius 2 is 1.40 bits per heavy atom. The first-order valence-electron chi connectivity index (χ1n) is 12.7. The summed E-state index contributed by atoms with van der Waals surface area (Å²) in [6.45, 7) is 0.186. The number of hydrogen-bond acceptors (Lipinski definition) is 9. The van der Waals surface area contributed by atoms with Crippen molar-refractivity contribution >= 4 is 53.2 Å². The van der Waals surface area contributed by atoms with Crippen LogP contribution in [0.25, 0.3) is 0 Å². The first kappa shape index (κ1) is 34.9. The summed E-state index contributed by atoms with van der Waals surface area (Å²) in [7, 11) is 0. The minimum atomic E-state index is -1.25. The lowest BCUT2D eigenvalue weighted by atomic mass is 10.0. The highest BCUT2D eigenvalue weighted by atomic mass is 32.2. The topological polar surface area (TPSA) is 235 Å². The number of phenolic OH excluding ortho intramolecular Hbond substituents is 1. The molecule has 0 heterocycles. The van der Waals surface area contributed by atoms with E-state index in [0.717, 1.165) is 0 Å². The number of aromatic hydroxyl groups is 1. The van der Waals surface area contributed by atoms with Crippen molar-refractivity contribution in [2.75, 3.05) is 30.6 Å². The van der Waals surface area contributed by atoms with Gasteiger partial charge < -0.3 is 43.4 Å². The Morgan fingerprint density at radius 3 is 1.98 bits per heavy atom. The lowest BCUT2D eigenvalue weighted by Gasteiger charge is -2.25. The number of guanidine groups is 1. The quantitative estimate of drug-likeness (QED) is 0.0565. The molecule has 1 aromatic carbocycles. The number of amides is 3. The van der Waals surface area contributed by atoms with Crippen LogP contribution in [0.15, 0.2) is 29.3 Å². The highest BCUT2D eigenvalue weighted by Gasteiger charge is 2.30. The molecule has 11 N–H and O–H groups in total. The van der Waals surface area contributed by atoms with Crippen molar-refractivity contribution < 1.29 is 29.4 Å². The standard InChI is InChI=1S/C25H41N7O6S2/c1-39-12-9-17(26)21(34)30-18(10-13-40-2)22(35)32-20(14-15-5-7-16(33)8-6-15)23(36)31-19(24(37)38)4-3-11-29-25(27)28/h5-8,17-20,33H,3-4,9-14,26H2,1-2H3,(H,30,34)(H,31,36)(H,32,35)(H,37,38)(H4,27,28,29). The number of nitrogens with one attached hydrogen (secondary N) is 3. The summed E-state index contributed by atoms with van der Waals surface area (Å²) >= 11 is 3.04. The van der Waals surface area contributed by atoms with Crippen LogP contribution in [-0.2, 0) is 25.6 Å². The molecule has 40 heavy (non-hydrogen) atoms. The fraction of sp³-hybridized carbons (Fsp3) is 0.560. The molecule has 0 saturated carbocycles. The number of carboxylic acid groups (broad SMARTS) is 1. The number of aliphatic carboxylic acids is 1. The maximum absolute atomic E-state index is 13.3. The minimum absolute atomic E-state index is 0.00856. The van der Waals surface area contributed by atoms with Crippen molar-refractivity contribution in [2.24, 2.45) is 22.2 Å². The van der Waals surface area contributed by atoms with Gasteiger partial charge in [-0.05, 0) is 67.4 Å². The first-order valence-corrected chi connectivity index (χ1v) is 15.5. The van der Waals surface area contributed by atoms with Gasteiger partial charge in [-0.1, -0.05) is 12.1 Å². The van der Waals surface area contributed by atoms with Crippen molar-refractivity contribution in [3.05, 3.63) is 29.8 Å². The number of nitrogens with zero attached hydrogens (tertiary/aromatic N) is 1. The molecule has 0 spiro atoms. The lowest BCUT2D eigenvalue weighted by molar-refractivity contribution is -0.142. The Bertz CT molecular complexity index is 992. The predicted molar refractivity (Wildman–Crippen MR) is 159 cm³/mol. The molecule has 0 bridgehead atoms. The number of thioether (sulfide) groups is 2. The van der Waals surface area contributed by atoms with E-state index in [1.165, 1.54) is 23.9 Å². The molecular weight excluding hydrogens is 558 g/mol. The molecule has 4 atom stereocenters. The second-order valence-corrected chi connectivity index (χ2v) is 11.0. The van der Waals surface area contributed by atoms with Gasteiger partial charge in [0.15, 0.2) is 5.96 Å². The van der Waals surface area contributed by atoms with Gasteiger partial charge >= 0.3 is 5.97 Å². The van der Waals surface area contributed by atoms with Gasteiger partial charge in [-0.15, -0.1) is 0 Å². The number of hydrogen-bond donors (Lipinski definition) is 8. The van der Waals surface area contributed by atoms with E-state index < -0.39 is 47.9 Å². The van der Waals surface area contributed by atoms with E-state index in [-0.39, 0.29) is 31.1 Å². The number of carbonyl (C=O) groups is 4. The van der Waals surface area contributed by atoms with Gasteiger partial charge in [0, 0.05) is 13.0 Å². The normalized spacial score (nSPS) is 13.8. The first-order chi connectivity index (χ1) is 19.0. The van der Waals surface area contributed by atoms with E-state index in [1.54, 1.807) is 23.9 Å². The number of carboxylic acids is 1. The maximum Gasteiger partial charge on any atom is 0.326 e. The van der Waals surface area contributed by atoms with Crippen LogP contribution in [0.5, 0.6) is 5.75 Å². The summed E-state index contributed by atoms with van der Waals surface area (Å²) in [6, 6.07) is 1.89. The van der Waals surface area contributed by atoms with Gasteiger partial charge in [-0.2, -0.15) is 23.5 Å². The largest absolute Gasteiger partial charge is 0.508 e. The zero-order valence-electron chi connectivity index (χ0n) is 22.8.